The van der Waals surface area contributed by atoms with E-state index < -0.39 is 0 Å². The van der Waals surface area contributed by atoms with E-state index in [2.05, 4.69) is 16.7 Å². The lowest BCUT2D eigenvalue weighted by Gasteiger charge is -2.35. The summed E-state index contributed by atoms with van der Waals surface area (Å²) in [6, 6.07) is 11.7. The molecule has 0 aromatic heterocycles. The van der Waals surface area contributed by atoms with Gasteiger partial charge >= 0.3 is 0 Å². The van der Waals surface area contributed by atoms with Crippen LogP contribution in [0.2, 0.25) is 0 Å². The van der Waals surface area contributed by atoms with Gasteiger partial charge in [-0.25, -0.2) is 0 Å². The third-order valence-corrected chi connectivity index (χ3v) is 9.17. The summed E-state index contributed by atoms with van der Waals surface area (Å²) < 4.78 is 6.43. The molecule has 0 radical (unpaired) electrons. The van der Waals surface area contributed by atoms with Crippen LogP contribution in [-0.2, 0) is 4.79 Å². The van der Waals surface area contributed by atoms with Crippen LogP contribution in [0.3, 0.4) is 0 Å². The van der Waals surface area contributed by atoms with Crippen LogP contribution in [0.15, 0.2) is 36.4 Å². The maximum atomic E-state index is 13.7. The molecule has 6 rings (SSSR count). The summed E-state index contributed by atoms with van der Waals surface area (Å²) in [5, 5.41) is 6.47. The number of carbonyl (C=O) groups excluding carboxylic acids is 3. The van der Waals surface area contributed by atoms with E-state index in [-0.39, 0.29) is 23.8 Å². The molecule has 0 spiro atoms. The monoisotopic (exact) mass is 573 g/mol. The SMILES string of the molecule is Cc1cc(C(=O)N2CCN(C(=O)c3ccc(O[C@H]4CCNC4)c(C4CCCCC4)c3)CC2)cc(N2CCNCC2=O)c1. The van der Waals surface area contributed by atoms with Crippen LogP contribution in [0.25, 0.3) is 0 Å². The first-order chi connectivity index (χ1) is 20.5. The summed E-state index contributed by atoms with van der Waals surface area (Å²) in [6.07, 6.45) is 7.18. The number of hydrogen-bond acceptors (Lipinski definition) is 6. The zero-order valence-corrected chi connectivity index (χ0v) is 24.7. The normalized spacial score (nSPS) is 22.0. The lowest BCUT2D eigenvalue weighted by atomic mass is 9.83. The van der Waals surface area contributed by atoms with E-state index in [1.165, 1.54) is 24.8 Å². The highest BCUT2D eigenvalue weighted by Crippen LogP contribution is 2.39. The van der Waals surface area contributed by atoms with Gasteiger partial charge in [0.1, 0.15) is 11.9 Å². The molecule has 3 saturated heterocycles. The van der Waals surface area contributed by atoms with E-state index in [9.17, 15) is 14.4 Å². The predicted molar refractivity (Wildman–Crippen MR) is 162 cm³/mol. The highest BCUT2D eigenvalue weighted by Gasteiger charge is 2.29. The first kappa shape index (κ1) is 28.7. The minimum atomic E-state index is -0.0582. The first-order valence-electron chi connectivity index (χ1n) is 15.7. The van der Waals surface area contributed by atoms with E-state index in [1.54, 1.807) is 4.90 Å². The first-order valence-corrected chi connectivity index (χ1v) is 15.7. The third-order valence-electron chi connectivity index (χ3n) is 9.17. The van der Waals surface area contributed by atoms with Gasteiger partial charge in [-0.05, 0) is 86.2 Å². The number of ether oxygens (including phenoxy) is 1. The Morgan fingerprint density at radius 1 is 0.810 bits per heavy atom. The standard InChI is InChI=1S/C33H43N5O4/c1-23-17-26(19-27(18-23)38-12-11-35-22-31(38)39)33(41)37-15-13-36(14-16-37)32(40)25-7-8-30(42-28-9-10-34-21-28)29(20-25)24-5-3-2-4-6-24/h7-8,17-20,24,28,34-35H,2-6,9-16,21-22H2,1H3/t28-/m0/s1. The van der Waals surface area contributed by atoms with Crippen LogP contribution >= 0.6 is 0 Å². The van der Waals surface area contributed by atoms with Crippen molar-refractivity contribution >= 4 is 23.4 Å². The molecule has 9 nitrogen and oxygen atoms in total. The van der Waals surface area contributed by atoms with Crippen molar-refractivity contribution in [2.75, 3.05) is 63.8 Å². The number of nitrogens with one attached hydrogen (secondary N) is 2. The lowest BCUT2D eigenvalue weighted by molar-refractivity contribution is -0.118. The number of aryl methyl sites for hydroxylation is 1. The van der Waals surface area contributed by atoms with Gasteiger partial charge in [-0.1, -0.05) is 19.3 Å². The third kappa shape index (κ3) is 6.32. The number of carbonyl (C=O) groups is 3. The fourth-order valence-corrected chi connectivity index (χ4v) is 6.83. The molecular formula is C33H43N5O4. The average Bonchev–Trinajstić information content (AvgIpc) is 3.54. The second-order valence-corrected chi connectivity index (χ2v) is 12.2. The summed E-state index contributed by atoms with van der Waals surface area (Å²) >= 11 is 0. The van der Waals surface area contributed by atoms with Crippen molar-refractivity contribution in [3.8, 4) is 5.75 Å². The highest BCUT2D eigenvalue weighted by molar-refractivity contribution is 6.00. The maximum absolute atomic E-state index is 13.7. The van der Waals surface area contributed by atoms with E-state index in [0.29, 0.717) is 56.3 Å². The van der Waals surface area contributed by atoms with Crippen molar-refractivity contribution in [1.82, 2.24) is 20.4 Å². The molecule has 3 amide bonds. The van der Waals surface area contributed by atoms with Crippen molar-refractivity contribution in [3.05, 3.63) is 58.7 Å². The van der Waals surface area contributed by atoms with Crippen LogP contribution in [0.4, 0.5) is 5.69 Å². The van der Waals surface area contributed by atoms with Crippen LogP contribution in [0, 0.1) is 6.92 Å². The van der Waals surface area contributed by atoms with Gasteiger partial charge in [0.2, 0.25) is 5.91 Å². The van der Waals surface area contributed by atoms with Gasteiger partial charge < -0.3 is 30.1 Å². The number of benzene rings is 2. The van der Waals surface area contributed by atoms with Crippen molar-refractivity contribution in [3.63, 3.8) is 0 Å². The molecule has 0 unspecified atom stereocenters. The van der Waals surface area contributed by atoms with Crippen LogP contribution < -0.4 is 20.3 Å². The Bertz CT molecular complexity index is 1310. The van der Waals surface area contributed by atoms with Crippen molar-refractivity contribution in [2.45, 2.75) is 57.5 Å². The topological polar surface area (TPSA) is 94.2 Å². The molecule has 0 bridgehead atoms. The minimum Gasteiger partial charge on any atom is -0.489 e. The van der Waals surface area contributed by atoms with Gasteiger partial charge in [-0.15, -0.1) is 0 Å². The second kappa shape index (κ2) is 12.8. The van der Waals surface area contributed by atoms with Gasteiger partial charge in [0.25, 0.3) is 11.8 Å². The molecule has 2 aromatic carbocycles. The van der Waals surface area contributed by atoms with Crippen LogP contribution in [0.5, 0.6) is 5.75 Å². The molecule has 1 aliphatic carbocycles. The molecule has 3 heterocycles. The van der Waals surface area contributed by atoms with E-state index in [0.717, 1.165) is 55.9 Å². The Hall–Kier alpha value is -3.43. The number of amides is 3. The smallest absolute Gasteiger partial charge is 0.254 e. The Kier molecular flexibility index (Phi) is 8.76. The molecule has 42 heavy (non-hydrogen) atoms. The van der Waals surface area contributed by atoms with E-state index >= 15 is 0 Å². The molecule has 224 valence electrons. The lowest BCUT2D eigenvalue weighted by Crippen LogP contribution is -2.50. The molecule has 9 heteroatoms. The average molecular weight is 574 g/mol. The summed E-state index contributed by atoms with van der Waals surface area (Å²) in [5.74, 6) is 1.34. The number of anilines is 1. The molecule has 1 saturated carbocycles. The van der Waals surface area contributed by atoms with E-state index in [1.807, 2.05) is 47.1 Å². The Morgan fingerprint density at radius 3 is 2.24 bits per heavy atom. The summed E-state index contributed by atoms with van der Waals surface area (Å²) in [7, 11) is 0. The van der Waals surface area contributed by atoms with Crippen molar-refractivity contribution in [2.24, 2.45) is 0 Å². The number of rotatable bonds is 6. The molecule has 1 atom stereocenters. The fourth-order valence-electron chi connectivity index (χ4n) is 6.83. The summed E-state index contributed by atoms with van der Waals surface area (Å²) in [4.78, 5) is 45.0. The Labute approximate surface area is 248 Å². The largest absolute Gasteiger partial charge is 0.489 e. The Balaban J connectivity index is 1.12. The van der Waals surface area contributed by atoms with Crippen molar-refractivity contribution in [1.29, 1.82) is 0 Å². The highest BCUT2D eigenvalue weighted by atomic mass is 16.5. The second-order valence-electron chi connectivity index (χ2n) is 12.2. The van der Waals surface area contributed by atoms with E-state index in [4.69, 9.17) is 4.74 Å². The van der Waals surface area contributed by atoms with Crippen LogP contribution in [-0.4, -0.2) is 92.5 Å². The molecular weight excluding hydrogens is 530 g/mol. The van der Waals surface area contributed by atoms with Gasteiger partial charge in [0.05, 0.1) is 6.54 Å². The van der Waals surface area contributed by atoms with Crippen molar-refractivity contribution < 1.29 is 19.1 Å². The maximum Gasteiger partial charge on any atom is 0.254 e. The zero-order chi connectivity index (χ0) is 29.1. The molecule has 3 aliphatic heterocycles. The molecule has 4 aliphatic rings. The van der Waals surface area contributed by atoms with Gasteiger partial charge in [0.15, 0.2) is 0 Å². The number of hydrogen-bond donors (Lipinski definition) is 2. The predicted octanol–water partition coefficient (Wildman–Crippen LogP) is 3.32. The fraction of sp³-hybridized carbons (Fsp3) is 0.545. The van der Waals surface area contributed by atoms with Gasteiger partial charge in [-0.3, -0.25) is 14.4 Å². The summed E-state index contributed by atoms with van der Waals surface area (Å²) in [5.41, 5.74) is 4.18. The molecule has 4 fully saturated rings. The zero-order valence-electron chi connectivity index (χ0n) is 24.7. The molecule has 2 N–H and O–H groups in total. The number of piperazine rings is 2. The van der Waals surface area contributed by atoms with Gasteiger partial charge in [0, 0.05) is 62.6 Å². The molecule has 2 aromatic rings. The minimum absolute atomic E-state index is 0.0131. The van der Waals surface area contributed by atoms with Gasteiger partial charge in [-0.2, -0.15) is 0 Å². The quantitative estimate of drug-likeness (QED) is 0.551. The number of nitrogens with zero attached hydrogens (tertiary/aromatic N) is 3. The summed E-state index contributed by atoms with van der Waals surface area (Å²) in [6.45, 7) is 7.36. The Morgan fingerprint density at radius 2 is 1.55 bits per heavy atom. The van der Waals surface area contributed by atoms with Crippen LogP contribution in [0.1, 0.15) is 76.3 Å².